The van der Waals surface area contributed by atoms with Crippen LogP contribution in [0, 0.1) is 0 Å². The van der Waals surface area contributed by atoms with Crippen molar-refractivity contribution in [2.45, 2.75) is 4.90 Å². The smallest absolute Gasteiger partial charge is 0.337 e. The zero-order chi connectivity index (χ0) is 17.2. The summed E-state index contributed by atoms with van der Waals surface area (Å²) in [5.41, 5.74) is 1.40. The first-order chi connectivity index (χ1) is 11.5. The zero-order valence-electron chi connectivity index (χ0n) is 12.8. The van der Waals surface area contributed by atoms with Gasteiger partial charge in [-0.3, -0.25) is 4.98 Å². The lowest BCUT2D eigenvalue weighted by atomic mass is 10.1. The summed E-state index contributed by atoms with van der Waals surface area (Å²) in [4.78, 5) is 15.1. The molecule has 0 bridgehead atoms. The van der Waals surface area contributed by atoms with Crippen molar-refractivity contribution in [3.63, 3.8) is 0 Å². The van der Waals surface area contributed by atoms with Crippen LogP contribution >= 0.6 is 0 Å². The van der Waals surface area contributed by atoms with Crippen LogP contribution in [0.5, 0.6) is 0 Å². The van der Waals surface area contributed by atoms with Crippen LogP contribution in [-0.4, -0.2) is 55.1 Å². The van der Waals surface area contributed by atoms with Crippen LogP contribution in [0.2, 0.25) is 0 Å². The summed E-state index contributed by atoms with van der Waals surface area (Å²) in [6.45, 7) is 1.47. The molecule has 1 aromatic heterocycles. The molecule has 2 heterocycles. The molecule has 1 saturated heterocycles. The quantitative estimate of drug-likeness (QED) is 0.899. The third-order valence-corrected chi connectivity index (χ3v) is 5.69. The zero-order valence-corrected chi connectivity index (χ0v) is 13.6. The predicted molar refractivity (Wildman–Crippen MR) is 86.2 cm³/mol. The summed E-state index contributed by atoms with van der Waals surface area (Å²) in [5, 5.41) is 9.02. The van der Waals surface area contributed by atoms with Crippen LogP contribution < -0.4 is 0 Å². The van der Waals surface area contributed by atoms with Crippen molar-refractivity contribution < 1.29 is 23.1 Å². The fourth-order valence-electron chi connectivity index (χ4n) is 2.47. The van der Waals surface area contributed by atoms with E-state index in [9.17, 15) is 13.2 Å². The average Bonchev–Trinajstić information content (AvgIpc) is 2.62. The van der Waals surface area contributed by atoms with Gasteiger partial charge in [-0.05, 0) is 23.8 Å². The monoisotopic (exact) mass is 348 g/mol. The summed E-state index contributed by atoms with van der Waals surface area (Å²) >= 11 is 0. The lowest BCUT2D eigenvalue weighted by molar-refractivity contribution is 0.0696. The van der Waals surface area contributed by atoms with E-state index in [4.69, 9.17) is 9.84 Å². The number of carboxylic acid groups (broad SMARTS) is 1. The van der Waals surface area contributed by atoms with E-state index >= 15 is 0 Å². The second kappa shape index (κ2) is 6.68. The predicted octanol–water partition coefficient (Wildman–Crippen LogP) is 1.47. The van der Waals surface area contributed by atoms with E-state index in [0.717, 1.165) is 0 Å². The number of ether oxygens (including phenoxy) is 1. The molecular weight excluding hydrogens is 332 g/mol. The molecular formula is C16H16N2O5S. The highest BCUT2D eigenvalue weighted by Gasteiger charge is 2.26. The summed E-state index contributed by atoms with van der Waals surface area (Å²) in [7, 11) is -3.54. The Kier molecular flexibility index (Phi) is 4.61. The lowest BCUT2D eigenvalue weighted by Crippen LogP contribution is -2.40. The van der Waals surface area contributed by atoms with E-state index in [2.05, 4.69) is 4.98 Å². The highest BCUT2D eigenvalue weighted by Crippen LogP contribution is 2.23. The van der Waals surface area contributed by atoms with Crippen molar-refractivity contribution in [2.75, 3.05) is 26.3 Å². The molecule has 3 rings (SSSR count). The van der Waals surface area contributed by atoms with Crippen LogP contribution in [0.1, 0.15) is 10.4 Å². The van der Waals surface area contributed by atoms with Gasteiger partial charge in [-0.1, -0.05) is 12.1 Å². The first kappa shape index (κ1) is 16.6. The Bertz CT molecular complexity index is 843. The van der Waals surface area contributed by atoms with Gasteiger partial charge in [-0.25, -0.2) is 13.2 Å². The Balaban J connectivity index is 1.88. The topological polar surface area (TPSA) is 96.8 Å². The van der Waals surface area contributed by atoms with Crippen molar-refractivity contribution in [3.05, 3.63) is 48.3 Å². The lowest BCUT2D eigenvalue weighted by Gasteiger charge is -2.26. The number of hydrogen-bond donors (Lipinski definition) is 1. The molecule has 0 aliphatic carbocycles. The van der Waals surface area contributed by atoms with Crippen molar-refractivity contribution in [3.8, 4) is 11.1 Å². The maximum atomic E-state index is 12.6. The number of benzene rings is 1. The number of nitrogens with zero attached hydrogens (tertiary/aromatic N) is 2. The number of carboxylic acids is 1. The minimum atomic E-state index is -3.54. The van der Waals surface area contributed by atoms with Crippen LogP contribution in [0.3, 0.4) is 0 Å². The molecule has 126 valence electrons. The molecule has 0 unspecified atom stereocenters. The van der Waals surface area contributed by atoms with Crippen molar-refractivity contribution >= 4 is 16.0 Å². The number of carbonyl (C=O) groups is 1. The molecule has 24 heavy (non-hydrogen) atoms. The SMILES string of the molecule is O=C(O)c1cncc(-c2ccc(S(=O)(=O)N3CCOCC3)cc2)c1. The fraction of sp³-hybridized carbons (Fsp3) is 0.250. The summed E-state index contributed by atoms with van der Waals surface area (Å²) in [6.07, 6.45) is 2.81. The van der Waals surface area contributed by atoms with Gasteiger partial charge in [-0.15, -0.1) is 0 Å². The van der Waals surface area contributed by atoms with Crippen LogP contribution in [-0.2, 0) is 14.8 Å². The number of rotatable bonds is 4. The third-order valence-electron chi connectivity index (χ3n) is 3.78. The number of morpholine rings is 1. The Morgan fingerprint density at radius 2 is 1.75 bits per heavy atom. The molecule has 0 saturated carbocycles. The molecule has 1 fully saturated rings. The maximum Gasteiger partial charge on any atom is 0.337 e. The van der Waals surface area contributed by atoms with Gasteiger partial charge in [0.15, 0.2) is 0 Å². The molecule has 0 atom stereocenters. The Hall–Kier alpha value is -2.29. The number of sulfonamides is 1. The van der Waals surface area contributed by atoms with Gasteiger partial charge in [-0.2, -0.15) is 4.31 Å². The van der Waals surface area contributed by atoms with Crippen molar-refractivity contribution in [2.24, 2.45) is 0 Å². The van der Waals surface area contributed by atoms with Gasteiger partial charge in [0.05, 0.1) is 23.7 Å². The molecule has 1 aliphatic heterocycles. The maximum absolute atomic E-state index is 12.6. The van der Waals surface area contributed by atoms with Crippen LogP contribution in [0.15, 0.2) is 47.6 Å². The standard InChI is InChI=1S/C16H16N2O5S/c19-16(20)14-9-13(10-17-11-14)12-1-3-15(4-2-12)24(21,22)18-5-7-23-8-6-18/h1-4,9-11H,5-8H2,(H,19,20). The highest BCUT2D eigenvalue weighted by molar-refractivity contribution is 7.89. The largest absolute Gasteiger partial charge is 0.478 e. The first-order valence-corrected chi connectivity index (χ1v) is 8.79. The summed E-state index contributed by atoms with van der Waals surface area (Å²) < 4.78 is 31.7. The Morgan fingerprint density at radius 3 is 2.38 bits per heavy atom. The van der Waals surface area contributed by atoms with Gasteiger partial charge in [0.25, 0.3) is 0 Å². The van der Waals surface area contributed by atoms with Gasteiger partial charge >= 0.3 is 5.97 Å². The first-order valence-electron chi connectivity index (χ1n) is 7.35. The molecule has 1 aliphatic rings. The van der Waals surface area contributed by atoms with Gasteiger partial charge in [0.1, 0.15) is 0 Å². The van der Waals surface area contributed by atoms with Gasteiger partial charge in [0, 0.05) is 31.0 Å². The fourth-order valence-corrected chi connectivity index (χ4v) is 3.88. The molecule has 8 heteroatoms. The third kappa shape index (κ3) is 3.30. The minimum Gasteiger partial charge on any atom is -0.478 e. The van der Waals surface area contributed by atoms with E-state index in [1.807, 2.05) is 0 Å². The van der Waals surface area contributed by atoms with Crippen molar-refractivity contribution in [1.82, 2.24) is 9.29 Å². The molecule has 1 aromatic carbocycles. The van der Waals surface area contributed by atoms with Crippen LogP contribution in [0.25, 0.3) is 11.1 Å². The molecule has 7 nitrogen and oxygen atoms in total. The Labute approximate surface area is 139 Å². The molecule has 2 aromatic rings. The number of hydrogen-bond acceptors (Lipinski definition) is 5. The number of pyridine rings is 1. The molecule has 0 amide bonds. The van der Waals surface area contributed by atoms with E-state index in [1.54, 1.807) is 12.1 Å². The molecule has 1 N–H and O–H groups in total. The van der Waals surface area contributed by atoms with E-state index in [1.165, 1.54) is 34.9 Å². The normalized spacial score (nSPS) is 16.0. The van der Waals surface area contributed by atoms with Crippen molar-refractivity contribution in [1.29, 1.82) is 0 Å². The van der Waals surface area contributed by atoms with E-state index < -0.39 is 16.0 Å². The van der Waals surface area contributed by atoms with Crippen LogP contribution in [0.4, 0.5) is 0 Å². The molecule has 0 spiro atoms. The second-order valence-electron chi connectivity index (χ2n) is 5.31. The highest BCUT2D eigenvalue weighted by atomic mass is 32.2. The summed E-state index contributed by atoms with van der Waals surface area (Å²) in [5.74, 6) is -1.06. The second-order valence-corrected chi connectivity index (χ2v) is 7.25. The number of aromatic carboxylic acids is 1. The Morgan fingerprint density at radius 1 is 1.08 bits per heavy atom. The van der Waals surface area contributed by atoms with Gasteiger partial charge in [0.2, 0.25) is 10.0 Å². The van der Waals surface area contributed by atoms with E-state index in [0.29, 0.717) is 37.4 Å². The summed E-state index contributed by atoms with van der Waals surface area (Å²) in [6, 6.07) is 7.84. The van der Waals surface area contributed by atoms with E-state index in [-0.39, 0.29) is 10.5 Å². The molecule has 0 radical (unpaired) electrons. The average molecular weight is 348 g/mol. The number of aromatic nitrogens is 1. The van der Waals surface area contributed by atoms with Gasteiger partial charge < -0.3 is 9.84 Å². The minimum absolute atomic E-state index is 0.0810.